The molecule has 1 atom stereocenters. The number of pyridine rings is 1. The van der Waals surface area contributed by atoms with E-state index in [0.717, 1.165) is 50.7 Å². The number of aryl methyl sites for hydroxylation is 1. The minimum atomic E-state index is 0.434. The summed E-state index contributed by atoms with van der Waals surface area (Å²) in [7, 11) is 0. The van der Waals surface area contributed by atoms with Crippen molar-refractivity contribution >= 4 is 0 Å². The Morgan fingerprint density at radius 1 is 1.45 bits per heavy atom. The average molecular weight is 277 g/mol. The van der Waals surface area contributed by atoms with E-state index in [4.69, 9.17) is 4.74 Å². The molecule has 1 aromatic heterocycles. The Morgan fingerprint density at radius 2 is 2.35 bits per heavy atom. The maximum Gasteiger partial charge on any atom is 0.0700 e. The Bertz CT molecular complexity index is 391. The Balaban J connectivity index is 1.66. The lowest BCUT2D eigenvalue weighted by molar-refractivity contribution is 0.109. The molecule has 0 spiro atoms. The summed E-state index contributed by atoms with van der Waals surface area (Å²) in [6, 6.07) is 6.24. The van der Waals surface area contributed by atoms with Crippen LogP contribution in [0.2, 0.25) is 0 Å². The minimum Gasteiger partial charge on any atom is -0.377 e. The van der Waals surface area contributed by atoms with Gasteiger partial charge in [-0.05, 0) is 38.4 Å². The van der Waals surface area contributed by atoms with Crippen molar-refractivity contribution in [3.63, 3.8) is 0 Å². The number of hydrogen-bond donors (Lipinski definition) is 1. The van der Waals surface area contributed by atoms with Gasteiger partial charge < -0.3 is 10.1 Å². The summed E-state index contributed by atoms with van der Waals surface area (Å²) in [6.07, 6.45) is 2.85. The largest absolute Gasteiger partial charge is 0.377 e. The quantitative estimate of drug-likeness (QED) is 0.737. The first-order valence-electron chi connectivity index (χ1n) is 7.75. The predicted octanol–water partition coefficient (Wildman–Crippen LogP) is 1.98. The van der Waals surface area contributed by atoms with E-state index >= 15 is 0 Å². The van der Waals surface area contributed by atoms with Crippen LogP contribution >= 0.6 is 0 Å². The minimum absolute atomic E-state index is 0.434. The van der Waals surface area contributed by atoms with E-state index < -0.39 is 0 Å². The molecule has 0 aromatic carbocycles. The van der Waals surface area contributed by atoms with E-state index in [1.54, 1.807) is 0 Å². The van der Waals surface area contributed by atoms with Gasteiger partial charge in [-0.15, -0.1) is 0 Å². The molecule has 112 valence electrons. The molecule has 1 aromatic rings. The van der Waals surface area contributed by atoms with Crippen LogP contribution in [0.15, 0.2) is 18.2 Å². The molecule has 0 amide bonds. The fourth-order valence-electron chi connectivity index (χ4n) is 2.57. The van der Waals surface area contributed by atoms with E-state index in [-0.39, 0.29) is 0 Å². The summed E-state index contributed by atoms with van der Waals surface area (Å²) in [6.45, 7) is 10.2. The number of hydrogen-bond acceptors (Lipinski definition) is 4. The van der Waals surface area contributed by atoms with Crippen molar-refractivity contribution in [3.8, 4) is 0 Å². The Morgan fingerprint density at radius 3 is 3.05 bits per heavy atom. The third-order valence-electron chi connectivity index (χ3n) is 3.78. The molecule has 1 N–H and O–H groups in total. The first-order chi connectivity index (χ1) is 9.78. The first kappa shape index (κ1) is 15.4. The van der Waals surface area contributed by atoms with Crippen molar-refractivity contribution in [3.05, 3.63) is 29.6 Å². The number of aromatic nitrogens is 1. The average Bonchev–Trinajstić information content (AvgIpc) is 2.95. The molecule has 1 unspecified atom stereocenters. The van der Waals surface area contributed by atoms with E-state index in [1.165, 1.54) is 12.8 Å². The number of ether oxygens (including phenoxy) is 1. The summed E-state index contributed by atoms with van der Waals surface area (Å²) in [5.74, 6) is 0. The third kappa shape index (κ3) is 5.19. The highest BCUT2D eigenvalue weighted by molar-refractivity contribution is 5.09. The molecule has 0 radical (unpaired) electrons. The highest BCUT2D eigenvalue weighted by atomic mass is 16.5. The predicted molar refractivity (Wildman–Crippen MR) is 81.8 cm³/mol. The maximum atomic E-state index is 5.61. The first-order valence-corrected chi connectivity index (χ1v) is 7.75. The van der Waals surface area contributed by atoms with Crippen LogP contribution in [0.4, 0.5) is 0 Å². The summed E-state index contributed by atoms with van der Waals surface area (Å²) in [5, 5.41) is 3.50. The van der Waals surface area contributed by atoms with Gasteiger partial charge in [0.05, 0.1) is 11.8 Å². The molecule has 0 aliphatic carbocycles. The summed E-state index contributed by atoms with van der Waals surface area (Å²) >= 11 is 0. The number of rotatable bonds is 8. The number of nitrogens with one attached hydrogen (secondary N) is 1. The topological polar surface area (TPSA) is 37.4 Å². The molecule has 4 heteroatoms. The van der Waals surface area contributed by atoms with Crippen LogP contribution in [0.1, 0.15) is 31.2 Å². The molecule has 4 nitrogen and oxygen atoms in total. The van der Waals surface area contributed by atoms with Crippen LogP contribution in [-0.4, -0.2) is 48.8 Å². The van der Waals surface area contributed by atoms with Gasteiger partial charge in [-0.2, -0.15) is 0 Å². The zero-order chi connectivity index (χ0) is 14.2. The highest BCUT2D eigenvalue weighted by Crippen LogP contribution is 2.10. The lowest BCUT2D eigenvalue weighted by Gasteiger charge is -2.21. The van der Waals surface area contributed by atoms with Gasteiger partial charge in [0.1, 0.15) is 0 Å². The molecule has 1 aliphatic heterocycles. The fraction of sp³-hybridized carbons (Fsp3) is 0.688. The molecular formula is C16H27N3O. The van der Waals surface area contributed by atoms with Gasteiger partial charge in [-0.1, -0.05) is 13.0 Å². The van der Waals surface area contributed by atoms with Crippen LogP contribution in [-0.2, 0) is 11.3 Å². The second-order valence-corrected chi connectivity index (χ2v) is 5.48. The van der Waals surface area contributed by atoms with Gasteiger partial charge in [0.15, 0.2) is 0 Å². The Labute approximate surface area is 122 Å². The van der Waals surface area contributed by atoms with Crippen LogP contribution in [0.3, 0.4) is 0 Å². The zero-order valence-electron chi connectivity index (χ0n) is 12.8. The van der Waals surface area contributed by atoms with Gasteiger partial charge in [0.25, 0.3) is 0 Å². The maximum absolute atomic E-state index is 5.61. The molecule has 1 fully saturated rings. The van der Waals surface area contributed by atoms with Crippen molar-refractivity contribution in [1.82, 2.24) is 15.2 Å². The Hall–Kier alpha value is -0.970. The van der Waals surface area contributed by atoms with Gasteiger partial charge >= 0.3 is 0 Å². The van der Waals surface area contributed by atoms with Gasteiger partial charge in [0.2, 0.25) is 0 Å². The Kier molecular flexibility index (Phi) is 6.43. The SMILES string of the molecule is CCN(CCNCC1CCCO1)Cc1cccc(C)n1. The lowest BCUT2D eigenvalue weighted by Crippen LogP contribution is -2.35. The molecule has 0 bridgehead atoms. The zero-order valence-corrected chi connectivity index (χ0v) is 12.8. The standard InChI is InChI=1S/C16H27N3O/c1-3-19(13-15-7-4-6-14(2)18-15)10-9-17-12-16-8-5-11-20-16/h4,6-7,16-17H,3,5,8-13H2,1-2H3. The van der Waals surface area contributed by atoms with Crippen molar-refractivity contribution in [1.29, 1.82) is 0 Å². The molecule has 2 heterocycles. The molecule has 1 saturated heterocycles. The van der Waals surface area contributed by atoms with E-state index in [2.05, 4.69) is 34.3 Å². The van der Waals surface area contributed by atoms with E-state index in [9.17, 15) is 0 Å². The monoisotopic (exact) mass is 277 g/mol. The number of likely N-dealkylation sites (N-methyl/N-ethyl adjacent to an activating group) is 1. The third-order valence-corrected chi connectivity index (χ3v) is 3.78. The molecule has 20 heavy (non-hydrogen) atoms. The van der Waals surface area contributed by atoms with Crippen molar-refractivity contribution in [2.45, 2.75) is 39.3 Å². The number of nitrogens with zero attached hydrogens (tertiary/aromatic N) is 2. The van der Waals surface area contributed by atoms with Gasteiger partial charge in [0, 0.05) is 38.5 Å². The summed E-state index contributed by atoms with van der Waals surface area (Å²) in [4.78, 5) is 6.99. The van der Waals surface area contributed by atoms with Crippen molar-refractivity contribution in [2.75, 3.05) is 32.8 Å². The molecule has 2 rings (SSSR count). The molecule has 0 saturated carbocycles. The van der Waals surface area contributed by atoms with Crippen LogP contribution < -0.4 is 5.32 Å². The summed E-state index contributed by atoms with van der Waals surface area (Å²) in [5.41, 5.74) is 2.25. The normalized spacial score (nSPS) is 18.9. The van der Waals surface area contributed by atoms with Crippen LogP contribution in [0, 0.1) is 6.92 Å². The van der Waals surface area contributed by atoms with Crippen LogP contribution in [0.5, 0.6) is 0 Å². The van der Waals surface area contributed by atoms with Crippen molar-refractivity contribution in [2.24, 2.45) is 0 Å². The van der Waals surface area contributed by atoms with Gasteiger partial charge in [-0.3, -0.25) is 9.88 Å². The fourth-order valence-corrected chi connectivity index (χ4v) is 2.57. The lowest BCUT2D eigenvalue weighted by atomic mass is 10.2. The second kappa shape index (κ2) is 8.35. The molecular weight excluding hydrogens is 250 g/mol. The van der Waals surface area contributed by atoms with Crippen molar-refractivity contribution < 1.29 is 4.74 Å². The molecule has 1 aliphatic rings. The second-order valence-electron chi connectivity index (χ2n) is 5.48. The summed E-state index contributed by atoms with van der Waals surface area (Å²) < 4.78 is 5.61. The van der Waals surface area contributed by atoms with E-state index in [1.807, 2.05) is 13.0 Å². The van der Waals surface area contributed by atoms with E-state index in [0.29, 0.717) is 6.10 Å². The van der Waals surface area contributed by atoms with Crippen LogP contribution in [0.25, 0.3) is 0 Å². The smallest absolute Gasteiger partial charge is 0.0700 e. The highest BCUT2D eigenvalue weighted by Gasteiger charge is 2.14. The van der Waals surface area contributed by atoms with Gasteiger partial charge in [-0.25, -0.2) is 0 Å².